The topological polar surface area (TPSA) is 74.6 Å². The van der Waals surface area contributed by atoms with E-state index in [0.717, 1.165) is 0 Å². The van der Waals surface area contributed by atoms with Crippen LogP contribution in [0.5, 0.6) is 0 Å². The minimum Gasteiger partial charge on any atom is -0.396 e. The van der Waals surface area contributed by atoms with Gasteiger partial charge >= 0.3 is 0 Å². The maximum Gasteiger partial charge on any atom is 0.182 e. The lowest BCUT2D eigenvalue weighted by Crippen LogP contribution is -2.22. The lowest BCUT2D eigenvalue weighted by molar-refractivity contribution is 0.130. The fourth-order valence-electron chi connectivity index (χ4n) is 3.33. The molecule has 0 aromatic heterocycles. The highest BCUT2D eigenvalue weighted by Crippen LogP contribution is 2.63. The Bertz CT molecular complexity index is 800. The molecule has 2 aromatic carbocycles. The van der Waals surface area contributed by atoms with E-state index in [9.17, 15) is 23.0 Å². The van der Waals surface area contributed by atoms with E-state index in [-0.39, 0.29) is 4.90 Å². The summed E-state index contributed by atoms with van der Waals surface area (Å²) in [4.78, 5) is 0.134. The Morgan fingerprint density at radius 3 is 2.22 bits per heavy atom. The molecule has 0 unspecified atom stereocenters. The van der Waals surface area contributed by atoms with E-state index in [1.165, 1.54) is 30.3 Å². The smallest absolute Gasteiger partial charge is 0.182 e. The van der Waals surface area contributed by atoms with E-state index in [1.807, 2.05) is 0 Å². The van der Waals surface area contributed by atoms with E-state index in [2.05, 4.69) is 0 Å². The van der Waals surface area contributed by atoms with Crippen LogP contribution in [0.15, 0.2) is 59.5 Å². The molecule has 0 bridgehead atoms. The van der Waals surface area contributed by atoms with Crippen LogP contribution in [-0.2, 0) is 9.84 Å². The average Bonchev–Trinajstić information content (AvgIpc) is 3.26. The molecule has 0 radical (unpaired) electrons. The van der Waals surface area contributed by atoms with Crippen LogP contribution in [0.2, 0.25) is 0 Å². The maximum atomic E-state index is 13.5. The number of benzene rings is 2. The van der Waals surface area contributed by atoms with Gasteiger partial charge in [0.15, 0.2) is 9.84 Å². The zero-order valence-electron chi connectivity index (χ0n) is 12.3. The van der Waals surface area contributed by atoms with Gasteiger partial charge in [0.25, 0.3) is 0 Å². The van der Waals surface area contributed by atoms with E-state index >= 15 is 0 Å². The zero-order valence-corrected chi connectivity index (χ0v) is 13.1. The molecule has 2 aromatic rings. The number of aliphatic hydroxyl groups is 2. The normalized spacial score (nSPS) is 22.7. The van der Waals surface area contributed by atoms with Gasteiger partial charge in [-0.15, -0.1) is 0 Å². The first-order chi connectivity index (χ1) is 11.0. The van der Waals surface area contributed by atoms with Crippen molar-refractivity contribution in [1.29, 1.82) is 0 Å². The van der Waals surface area contributed by atoms with E-state index in [1.54, 1.807) is 24.3 Å². The molecule has 1 aliphatic carbocycles. The number of hydrogen-bond acceptors (Lipinski definition) is 4. The third-order valence-electron chi connectivity index (χ3n) is 4.58. The van der Waals surface area contributed by atoms with Gasteiger partial charge in [0, 0.05) is 11.3 Å². The lowest BCUT2D eigenvalue weighted by Gasteiger charge is -2.11. The molecule has 0 heterocycles. The van der Waals surface area contributed by atoms with Crippen molar-refractivity contribution in [3.05, 3.63) is 66.0 Å². The molecule has 23 heavy (non-hydrogen) atoms. The van der Waals surface area contributed by atoms with Crippen molar-refractivity contribution in [3.8, 4) is 0 Å². The minimum absolute atomic E-state index is 0.134. The summed E-state index contributed by atoms with van der Waals surface area (Å²) in [5.41, 5.74) is -0.722. The zero-order chi connectivity index (χ0) is 16.7. The Labute approximate surface area is 134 Å². The molecule has 0 aliphatic heterocycles. The molecule has 4 nitrogen and oxygen atoms in total. The molecular weight excluding hydrogens is 319 g/mol. The molecule has 0 saturated heterocycles. The van der Waals surface area contributed by atoms with E-state index < -0.39 is 45.5 Å². The number of rotatable bonds is 5. The Hall–Kier alpha value is -1.76. The van der Waals surface area contributed by atoms with Crippen LogP contribution in [0.25, 0.3) is 0 Å². The standard InChI is InChI=1S/C17H17FO4S/c18-13-6-4-5-12(9-13)15-16(17(15,10-19)11-20)23(21,22)14-7-2-1-3-8-14/h1-9,15-16,19-20H,10-11H2/t15-,16+/m1/s1. The molecular formula is C17H17FO4S. The molecule has 0 amide bonds. The van der Waals surface area contributed by atoms with Gasteiger partial charge in [-0.1, -0.05) is 30.3 Å². The van der Waals surface area contributed by atoms with Crippen molar-refractivity contribution in [2.24, 2.45) is 5.41 Å². The molecule has 0 spiro atoms. The van der Waals surface area contributed by atoms with Gasteiger partial charge in [0.1, 0.15) is 5.82 Å². The molecule has 2 atom stereocenters. The molecule has 1 aliphatic rings. The first-order valence-corrected chi connectivity index (χ1v) is 8.78. The van der Waals surface area contributed by atoms with Gasteiger partial charge in [0.05, 0.1) is 23.4 Å². The second kappa shape index (κ2) is 5.70. The van der Waals surface area contributed by atoms with Crippen LogP contribution in [-0.4, -0.2) is 37.1 Å². The SMILES string of the molecule is O=S(=O)(c1ccccc1)[C@H]1[C@@H](c2cccc(F)c2)C1(CO)CO. The summed E-state index contributed by atoms with van der Waals surface area (Å²) in [6.45, 7) is -0.969. The van der Waals surface area contributed by atoms with Gasteiger partial charge in [-0.2, -0.15) is 0 Å². The van der Waals surface area contributed by atoms with Gasteiger partial charge in [-0.05, 0) is 29.8 Å². The summed E-state index contributed by atoms with van der Waals surface area (Å²) >= 11 is 0. The number of aliphatic hydroxyl groups excluding tert-OH is 2. The summed E-state index contributed by atoms with van der Waals surface area (Å²) in [5.74, 6) is -1.12. The third-order valence-corrected chi connectivity index (χ3v) is 6.92. The van der Waals surface area contributed by atoms with Crippen LogP contribution >= 0.6 is 0 Å². The summed E-state index contributed by atoms with van der Waals surface area (Å²) in [6.07, 6.45) is 0. The summed E-state index contributed by atoms with van der Waals surface area (Å²) in [5, 5.41) is 18.5. The van der Waals surface area contributed by atoms with Crippen molar-refractivity contribution in [3.63, 3.8) is 0 Å². The Balaban J connectivity index is 2.07. The average molecular weight is 336 g/mol. The van der Waals surface area contributed by atoms with Crippen LogP contribution in [0.1, 0.15) is 11.5 Å². The van der Waals surface area contributed by atoms with E-state index in [4.69, 9.17) is 0 Å². The van der Waals surface area contributed by atoms with Crippen LogP contribution in [0, 0.1) is 11.2 Å². The monoisotopic (exact) mass is 336 g/mol. The van der Waals surface area contributed by atoms with Crippen molar-refractivity contribution in [2.75, 3.05) is 13.2 Å². The largest absolute Gasteiger partial charge is 0.396 e. The molecule has 3 rings (SSSR count). The molecule has 6 heteroatoms. The number of sulfone groups is 1. The number of halogens is 1. The Morgan fingerprint density at radius 1 is 1.00 bits per heavy atom. The van der Waals surface area contributed by atoms with Crippen LogP contribution < -0.4 is 0 Å². The molecule has 122 valence electrons. The lowest BCUT2D eigenvalue weighted by atomic mass is 10.0. The summed E-state index contributed by atoms with van der Waals surface area (Å²) in [6, 6.07) is 13.5. The molecule has 1 fully saturated rings. The van der Waals surface area contributed by atoms with Crippen LogP contribution in [0.3, 0.4) is 0 Å². The van der Waals surface area contributed by atoms with Gasteiger partial charge in [0.2, 0.25) is 0 Å². The fourth-order valence-corrected chi connectivity index (χ4v) is 5.78. The van der Waals surface area contributed by atoms with Gasteiger partial charge in [-0.25, -0.2) is 12.8 Å². The highest BCUT2D eigenvalue weighted by Gasteiger charge is 2.70. The summed E-state index contributed by atoms with van der Waals surface area (Å²) < 4.78 is 39.2. The Kier molecular flexibility index (Phi) is 4.00. The quantitative estimate of drug-likeness (QED) is 0.872. The second-order valence-electron chi connectivity index (χ2n) is 5.86. The highest BCUT2D eigenvalue weighted by molar-refractivity contribution is 7.92. The van der Waals surface area contributed by atoms with Crippen molar-refractivity contribution in [1.82, 2.24) is 0 Å². The summed E-state index contributed by atoms with van der Waals surface area (Å²) in [7, 11) is -3.75. The van der Waals surface area contributed by atoms with E-state index in [0.29, 0.717) is 5.56 Å². The maximum absolute atomic E-state index is 13.5. The second-order valence-corrected chi connectivity index (χ2v) is 7.93. The van der Waals surface area contributed by atoms with Crippen molar-refractivity contribution < 1.29 is 23.0 Å². The van der Waals surface area contributed by atoms with Gasteiger partial charge < -0.3 is 10.2 Å². The minimum atomic E-state index is -3.75. The highest BCUT2D eigenvalue weighted by atomic mass is 32.2. The molecule has 1 saturated carbocycles. The van der Waals surface area contributed by atoms with Crippen molar-refractivity contribution in [2.45, 2.75) is 16.1 Å². The Morgan fingerprint density at radius 2 is 1.65 bits per heavy atom. The fraction of sp³-hybridized carbons (Fsp3) is 0.294. The first kappa shape index (κ1) is 16.1. The van der Waals surface area contributed by atoms with Crippen molar-refractivity contribution >= 4 is 9.84 Å². The van der Waals surface area contributed by atoms with Gasteiger partial charge in [-0.3, -0.25) is 0 Å². The predicted molar refractivity (Wildman–Crippen MR) is 83.2 cm³/mol. The number of hydrogen-bond donors (Lipinski definition) is 2. The third kappa shape index (κ3) is 2.47. The van der Waals surface area contributed by atoms with Crippen LogP contribution in [0.4, 0.5) is 4.39 Å². The molecule has 2 N–H and O–H groups in total. The predicted octanol–water partition coefficient (Wildman–Crippen LogP) is 1.74. The first-order valence-electron chi connectivity index (χ1n) is 7.23.